The van der Waals surface area contributed by atoms with Crippen molar-refractivity contribution in [3.63, 3.8) is 0 Å². The van der Waals surface area contributed by atoms with Crippen LogP contribution >= 0.6 is 0 Å². The number of rotatable bonds is 36. The minimum absolute atomic E-state index is 0.0265. The second kappa shape index (κ2) is 35.3. The number of aliphatic hydroxyl groups excluding tert-OH is 1. The van der Waals surface area contributed by atoms with Gasteiger partial charge >= 0.3 is 0 Å². The lowest BCUT2D eigenvalue weighted by Crippen LogP contribution is -2.56. The van der Waals surface area contributed by atoms with Crippen LogP contribution < -0.4 is 10.6 Å². The first kappa shape index (κ1) is 47.3. The third-order valence-electron chi connectivity index (χ3n) is 10.0. The van der Waals surface area contributed by atoms with Crippen molar-refractivity contribution in [3.05, 3.63) is 24.3 Å². The van der Waals surface area contributed by atoms with Crippen molar-refractivity contribution in [2.75, 3.05) is 26.3 Å². The molecule has 0 radical (unpaired) electrons. The molecule has 0 spiro atoms. The molecule has 3 N–H and O–H groups in total. The van der Waals surface area contributed by atoms with Crippen LogP contribution in [0.3, 0.4) is 0 Å². The summed E-state index contributed by atoms with van der Waals surface area (Å²) in [6.45, 7) is 5.79. The van der Waals surface area contributed by atoms with Gasteiger partial charge in [-0.3, -0.25) is 9.59 Å². The molecule has 0 aromatic heterocycles. The molecule has 7 heteroatoms. The molecule has 1 aliphatic rings. The van der Waals surface area contributed by atoms with Gasteiger partial charge in [0.1, 0.15) is 6.10 Å². The maximum absolute atomic E-state index is 13.1. The average molecular weight is 719 g/mol. The smallest absolute Gasteiger partial charge is 0.280 e. The lowest BCUT2D eigenvalue weighted by molar-refractivity contribution is -0.279. The minimum atomic E-state index is -1.51. The van der Waals surface area contributed by atoms with Crippen molar-refractivity contribution in [2.45, 2.75) is 218 Å². The van der Waals surface area contributed by atoms with Gasteiger partial charge < -0.3 is 25.2 Å². The number of carbonyl (C=O) groups is 2. The van der Waals surface area contributed by atoms with Gasteiger partial charge in [0.2, 0.25) is 11.7 Å². The summed E-state index contributed by atoms with van der Waals surface area (Å²) in [6, 6.07) is 0. The van der Waals surface area contributed by atoms with Gasteiger partial charge in [0.05, 0.1) is 13.2 Å². The molecule has 1 rings (SSSR count). The summed E-state index contributed by atoms with van der Waals surface area (Å²) >= 11 is 0. The first-order valence-electron chi connectivity index (χ1n) is 21.8. The summed E-state index contributed by atoms with van der Waals surface area (Å²) in [5, 5.41) is 15.8. The van der Waals surface area contributed by atoms with E-state index >= 15 is 0 Å². The maximum Gasteiger partial charge on any atom is 0.280 e. The zero-order valence-electron chi connectivity index (χ0n) is 33.5. The lowest BCUT2D eigenvalue weighted by atomic mass is 10.1. The third-order valence-corrected chi connectivity index (χ3v) is 10.0. The Hall–Kier alpha value is -1.70. The highest BCUT2D eigenvalue weighted by atomic mass is 16.7. The first-order chi connectivity index (χ1) is 25.0. The number of nitrogens with one attached hydrogen (secondary N) is 2. The van der Waals surface area contributed by atoms with Crippen LogP contribution in [0.5, 0.6) is 0 Å². The molecule has 1 heterocycles. The molecule has 0 aromatic rings. The number of unbranched alkanes of at least 4 members (excludes halogenated alkanes) is 24. The minimum Gasteiger partial charge on any atom is -0.388 e. The molecule has 0 aliphatic carbocycles. The maximum atomic E-state index is 13.1. The van der Waals surface area contributed by atoms with Crippen molar-refractivity contribution in [1.82, 2.24) is 10.6 Å². The van der Waals surface area contributed by atoms with Gasteiger partial charge in [-0.2, -0.15) is 0 Å². The van der Waals surface area contributed by atoms with Gasteiger partial charge in [-0.25, -0.2) is 0 Å². The number of carbonyl (C=O) groups excluding carboxylic acids is 2. The van der Waals surface area contributed by atoms with Crippen LogP contribution in [0, 0.1) is 0 Å². The summed E-state index contributed by atoms with van der Waals surface area (Å²) in [6.07, 6.45) is 44.0. The molecule has 1 aliphatic heterocycles. The van der Waals surface area contributed by atoms with Gasteiger partial charge in [-0.15, -0.1) is 0 Å². The fourth-order valence-corrected chi connectivity index (χ4v) is 6.62. The molecule has 0 bridgehead atoms. The second-order valence-corrected chi connectivity index (χ2v) is 15.0. The van der Waals surface area contributed by atoms with E-state index in [1.54, 1.807) is 0 Å². The molecular formula is C44H82N2O5. The third kappa shape index (κ3) is 28.5. The molecule has 1 saturated heterocycles. The average Bonchev–Trinajstić information content (AvgIpc) is 3.14. The Kier molecular flexibility index (Phi) is 32.8. The number of ether oxygens (including phenoxy) is 2. The fraction of sp³-hybridized carbons (Fsp3) is 0.864. The van der Waals surface area contributed by atoms with Crippen molar-refractivity contribution < 1.29 is 24.2 Å². The standard InChI is InChI=1S/C44H82N2O5/c1-3-5-7-9-11-13-15-17-19-21-23-25-27-29-31-33-37-45-42(48)35-36-44(50-39-41(47)40-51-44)43(49)46-38-34-32-30-28-26-24-22-20-18-16-14-12-10-8-6-4-2/h17-20,41,47H,3-16,21-40H2,1-2H3,(H,45,48)(H,46,49)/b19-17-,20-18-. The summed E-state index contributed by atoms with van der Waals surface area (Å²) < 4.78 is 11.5. The van der Waals surface area contributed by atoms with Crippen LogP contribution in [0.15, 0.2) is 24.3 Å². The molecule has 0 atom stereocenters. The van der Waals surface area contributed by atoms with Crippen LogP contribution in [0.1, 0.15) is 206 Å². The number of amides is 2. The van der Waals surface area contributed by atoms with Gasteiger partial charge in [0.15, 0.2) is 0 Å². The Balaban J connectivity index is 2.07. The van der Waals surface area contributed by atoms with Crippen LogP contribution in [-0.4, -0.2) is 55.1 Å². The van der Waals surface area contributed by atoms with E-state index in [2.05, 4.69) is 48.8 Å². The molecule has 2 amide bonds. The van der Waals surface area contributed by atoms with Gasteiger partial charge in [-0.1, -0.05) is 154 Å². The predicted octanol–water partition coefficient (Wildman–Crippen LogP) is 11.2. The van der Waals surface area contributed by atoms with Crippen molar-refractivity contribution in [1.29, 1.82) is 0 Å². The molecule has 0 aromatic carbocycles. The predicted molar refractivity (Wildman–Crippen MR) is 215 cm³/mol. The largest absolute Gasteiger partial charge is 0.388 e. The van der Waals surface area contributed by atoms with Gasteiger partial charge in [0, 0.05) is 25.9 Å². The second-order valence-electron chi connectivity index (χ2n) is 15.0. The lowest BCUT2D eigenvalue weighted by Gasteiger charge is -2.37. The van der Waals surface area contributed by atoms with E-state index in [1.165, 1.54) is 154 Å². The van der Waals surface area contributed by atoms with Crippen LogP contribution in [0.4, 0.5) is 0 Å². The van der Waals surface area contributed by atoms with Crippen LogP contribution in [0.25, 0.3) is 0 Å². The normalized spacial score (nSPS) is 17.8. The van der Waals surface area contributed by atoms with Crippen molar-refractivity contribution in [2.24, 2.45) is 0 Å². The highest BCUT2D eigenvalue weighted by Gasteiger charge is 2.44. The number of hydrogen-bond acceptors (Lipinski definition) is 5. The van der Waals surface area contributed by atoms with Gasteiger partial charge in [0.25, 0.3) is 5.91 Å². The molecular weight excluding hydrogens is 636 g/mol. The topological polar surface area (TPSA) is 96.9 Å². The van der Waals surface area contributed by atoms with E-state index in [4.69, 9.17) is 9.47 Å². The number of hydrogen-bond donors (Lipinski definition) is 3. The highest BCUT2D eigenvalue weighted by Crippen LogP contribution is 2.25. The fourth-order valence-electron chi connectivity index (χ4n) is 6.62. The van der Waals surface area contributed by atoms with E-state index in [9.17, 15) is 14.7 Å². The Labute approximate surface area is 314 Å². The van der Waals surface area contributed by atoms with E-state index in [1.807, 2.05) is 0 Å². The molecule has 0 unspecified atom stereocenters. The monoisotopic (exact) mass is 719 g/mol. The zero-order chi connectivity index (χ0) is 36.9. The Bertz CT molecular complexity index is 852. The van der Waals surface area contributed by atoms with Crippen LogP contribution in [0.2, 0.25) is 0 Å². The molecule has 298 valence electrons. The number of allylic oxidation sites excluding steroid dienone is 4. The molecule has 1 fully saturated rings. The van der Waals surface area contributed by atoms with E-state index in [-0.39, 0.29) is 37.9 Å². The van der Waals surface area contributed by atoms with E-state index in [0.29, 0.717) is 13.1 Å². The summed E-state index contributed by atoms with van der Waals surface area (Å²) in [4.78, 5) is 25.7. The Morgan fingerprint density at radius 1 is 0.549 bits per heavy atom. The van der Waals surface area contributed by atoms with E-state index in [0.717, 1.165) is 25.7 Å². The first-order valence-corrected chi connectivity index (χ1v) is 21.8. The molecule has 0 saturated carbocycles. The quantitative estimate of drug-likeness (QED) is 0.0443. The zero-order valence-corrected chi connectivity index (χ0v) is 33.5. The highest BCUT2D eigenvalue weighted by molar-refractivity contribution is 5.85. The van der Waals surface area contributed by atoms with E-state index < -0.39 is 11.9 Å². The van der Waals surface area contributed by atoms with Crippen LogP contribution in [-0.2, 0) is 19.1 Å². The Morgan fingerprint density at radius 3 is 1.31 bits per heavy atom. The number of aliphatic hydroxyl groups is 1. The summed E-state index contributed by atoms with van der Waals surface area (Å²) in [5.74, 6) is -1.95. The SMILES string of the molecule is CCCCCCCC/C=C\CCCCCCCCNC(=O)CCC1(C(=O)NCCCCCCCC/C=C\CCCCCCCC)OCC(O)CO1. The van der Waals surface area contributed by atoms with Gasteiger partial charge in [-0.05, 0) is 64.2 Å². The summed E-state index contributed by atoms with van der Waals surface area (Å²) in [5.41, 5.74) is 0. The molecule has 51 heavy (non-hydrogen) atoms. The molecule has 7 nitrogen and oxygen atoms in total. The summed E-state index contributed by atoms with van der Waals surface area (Å²) in [7, 11) is 0. The Morgan fingerprint density at radius 2 is 0.902 bits per heavy atom. The van der Waals surface area contributed by atoms with Crippen molar-refractivity contribution >= 4 is 11.8 Å². The van der Waals surface area contributed by atoms with Crippen molar-refractivity contribution in [3.8, 4) is 0 Å².